The van der Waals surface area contributed by atoms with Gasteiger partial charge in [-0.3, -0.25) is 0 Å². The number of aromatic nitrogens is 2. The minimum atomic E-state index is -4.84. The van der Waals surface area contributed by atoms with Crippen LogP contribution in [0.2, 0.25) is 10.3 Å². The fourth-order valence-corrected chi connectivity index (χ4v) is 1.71. The van der Waals surface area contributed by atoms with E-state index in [1.807, 2.05) is 0 Å². The minimum absolute atomic E-state index is 0.0835. The summed E-state index contributed by atoms with van der Waals surface area (Å²) in [5, 5.41) is 0.162. The zero-order valence-electron chi connectivity index (χ0n) is 9.08. The summed E-state index contributed by atoms with van der Waals surface area (Å²) in [7, 11) is 0. The Kier molecular flexibility index (Phi) is 3.82. The molecule has 3 nitrogen and oxygen atoms in total. The number of ether oxygens (including phenoxy) is 1. The van der Waals surface area contributed by atoms with Crippen LogP contribution >= 0.6 is 23.2 Å². The Morgan fingerprint density at radius 3 is 2.53 bits per heavy atom. The molecule has 2 rings (SSSR count). The Balaban J connectivity index is 2.51. The third kappa shape index (κ3) is 3.71. The molecule has 0 atom stereocenters. The first-order valence-electron chi connectivity index (χ1n) is 4.89. The summed E-state index contributed by atoms with van der Waals surface area (Å²) in [6.45, 7) is 0. The van der Waals surface area contributed by atoms with Gasteiger partial charge in [0.2, 0.25) is 5.28 Å². The van der Waals surface area contributed by atoms with Gasteiger partial charge in [-0.05, 0) is 23.7 Å². The highest BCUT2D eigenvalue weighted by Crippen LogP contribution is 2.33. The van der Waals surface area contributed by atoms with E-state index in [2.05, 4.69) is 14.7 Å². The first-order chi connectivity index (χ1) is 8.85. The molecule has 19 heavy (non-hydrogen) atoms. The van der Waals surface area contributed by atoms with Crippen LogP contribution in [0.15, 0.2) is 30.5 Å². The molecule has 0 aliphatic carbocycles. The number of hydrogen-bond acceptors (Lipinski definition) is 3. The van der Waals surface area contributed by atoms with Gasteiger partial charge >= 0.3 is 6.36 Å². The molecule has 100 valence electrons. The van der Waals surface area contributed by atoms with E-state index in [0.717, 1.165) is 6.20 Å². The van der Waals surface area contributed by atoms with Crippen molar-refractivity contribution in [2.75, 3.05) is 0 Å². The van der Waals surface area contributed by atoms with Crippen molar-refractivity contribution in [1.82, 2.24) is 9.97 Å². The van der Waals surface area contributed by atoms with E-state index in [4.69, 9.17) is 23.2 Å². The van der Waals surface area contributed by atoms with E-state index >= 15 is 0 Å². The van der Waals surface area contributed by atoms with Crippen LogP contribution in [0.5, 0.6) is 5.75 Å². The predicted molar refractivity (Wildman–Crippen MR) is 64.2 cm³/mol. The van der Waals surface area contributed by atoms with Gasteiger partial charge in [0, 0.05) is 10.6 Å². The third-order valence-electron chi connectivity index (χ3n) is 2.05. The number of alkyl halides is 3. The van der Waals surface area contributed by atoms with Crippen LogP contribution in [0, 0.1) is 0 Å². The third-order valence-corrected chi connectivity index (χ3v) is 2.47. The van der Waals surface area contributed by atoms with Crippen molar-refractivity contribution in [2.24, 2.45) is 0 Å². The van der Waals surface area contributed by atoms with Gasteiger partial charge < -0.3 is 4.74 Å². The minimum Gasteiger partial charge on any atom is -0.402 e. The van der Waals surface area contributed by atoms with Crippen molar-refractivity contribution in [1.29, 1.82) is 0 Å². The second kappa shape index (κ2) is 5.22. The number of benzene rings is 1. The zero-order chi connectivity index (χ0) is 14.0. The SMILES string of the molecule is FC(F)(F)Oc1cnc(Cl)nc1-c1cccc(Cl)c1. The predicted octanol–water partition coefficient (Wildman–Crippen LogP) is 4.35. The van der Waals surface area contributed by atoms with Gasteiger partial charge in [-0.2, -0.15) is 0 Å². The van der Waals surface area contributed by atoms with Gasteiger partial charge in [0.25, 0.3) is 0 Å². The van der Waals surface area contributed by atoms with E-state index in [1.54, 1.807) is 12.1 Å². The highest BCUT2D eigenvalue weighted by atomic mass is 35.5. The van der Waals surface area contributed by atoms with Crippen LogP contribution in [-0.2, 0) is 0 Å². The summed E-state index contributed by atoms with van der Waals surface area (Å²) < 4.78 is 40.7. The van der Waals surface area contributed by atoms with E-state index < -0.39 is 12.1 Å². The lowest BCUT2D eigenvalue weighted by Crippen LogP contribution is -2.18. The average Bonchev–Trinajstić information content (AvgIpc) is 2.30. The summed E-state index contributed by atoms with van der Waals surface area (Å²) in [6, 6.07) is 6.14. The normalized spacial score (nSPS) is 11.4. The first kappa shape index (κ1) is 13.9. The van der Waals surface area contributed by atoms with Crippen molar-refractivity contribution >= 4 is 23.2 Å². The second-order valence-electron chi connectivity index (χ2n) is 3.41. The van der Waals surface area contributed by atoms with Gasteiger partial charge in [-0.1, -0.05) is 23.7 Å². The molecule has 0 aliphatic rings. The quantitative estimate of drug-likeness (QED) is 0.774. The van der Waals surface area contributed by atoms with E-state index in [9.17, 15) is 13.2 Å². The van der Waals surface area contributed by atoms with E-state index in [1.165, 1.54) is 12.1 Å². The fraction of sp³-hybridized carbons (Fsp3) is 0.0909. The second-order valence-corrected chi connectivity index (χ2v) is 4.18. The van der Waals surface area contributed by atoms with Crippen LogP contribution in [0.4, 0.5) is 13.2 Å². The molecule has 1 aromatic carbocycles. The van der Waals surface area contributed by atoms with Gasteiger partial charge in [0.1, 0.15) is 5.69 Å². The highest BCUT2D eigenvalue weighted by molar-refractivity contribution is 6.31. The molecule has 0 spiro atoms. The molecule has 0 N–H and O–H groups in total. The lowest BCUT2D eigenvalue weighted by atomic mass is 10.1. The van der Waals surface area contributed by atoms with Crippen LogP contribution in [0.25, 0.3) is 11.3 Å². The fourth-order valence-electron chi connectivity index (χ4n) is 1.39. The van der Waals surface area contributed by atoms with Gasteiger partial charge in [0.15, 0.2) is 5.75 Å². The highest BCUT2D eigenvalue weighted by Gasteiger charge is 2.33. The van der Waals surface area contributed by atoms with Gasteiger partial charge in [0.05, 0.1) is 6.20 Å². The molecule has 1 heterocycles. The molecule has 0 fully saturated rings. The molecule has 0 bridgehead atoms. The Morgan fingerprint density at radius 2 is 1.89 bits per heavy atom. The molecule has 0 amide bonds. The van der Waals surface area contributed by atoms with Crippen molar-refractivity contribution in [3.05, 3.63) is 40.8 Å². The lowest BCUT2D eigenvalue weighted by Gasteiger charge is -2.12. The maximum Gasteiger partial charge on any atom is 0.573 e. The Labute approximate surface area is 116 Å². The molecule has 8 heteroatoms. The molecule has 0 aliphatic heterocycles. The van der Waals surface area contributed by atoms with Crippen molar-refractivity contribution in [3.63, 3.8) is 0 Å². The van der Waals surface area contributed by atoms with E-state index in [0.29, 0.717) is 10.6 Å². The molecule has 0 radical (unpaired) electrons. The maximum atomic E-state index is 12.3. The van der Waals surface area contributed by atoms with Crippen LogP contribution in [0.1, 0.15) is 0 Å². The summed E-state index contributed by atoms with van der Waals surface area (Å²) in [6.07, 6.45) is -3.98. The summed E-state index contributed by atoms with van der Waals surface area (Å²) in [5.74, 6) is -0.542. The molecule has 0 saturated heterocycles. The largest absolute Gasteiger partial charge is 0.573 e. The zero-order valence-corrected chi connectivity index (χ0v) is 10.6. The number of nitrogens with zero attached hydrogens (tertiary/aromatic N) is 2. The topological polar surface area (TPSA) is 35.0 Å². The summed E-state index contributed by atoms with van der Waals surface area (Å²) in [5.41, 5.74) is 0.260. The van der Waals surface area contributed by atoms with Gasteiger partial charge in [-0.25, -0.2) is 9.97 Å². The Bertz CT molecular complexity index is 605. The monoisotopic (exact) mass is 308 g/mol. The van der Waals surface area contributed by atoms with Gasteiger partial charge in [-0.15, -0.1) is 13.2 Å². The Morgan fingerprint density at radius 1 is 1.16 bits per heavy atom. The number of rotatable bonds is 2. The molecule has 1 aromatic heterocycles. The number of halogens is 5. The van der Waals surface area contributed by atoms with Crippen molar-refractivity contribution in [2.45, 2.75) is 6.36 Å². The molecule has 2 aromatic rings. The molecular formula is C11H5Cl2F3N2O. The van der Waals surface area contributed by atoms with E-state index in [-0.39, 0.29) is 11.0 Å². The Hall–Kier alpha value is -1.53. The van der Waals surface area contributed by atoms with Crippen LogP contribution in [-0.4, -0.2) is 16.3 Å². The summed E-state index contributed by atoms with van der Waals surface area (Å²) in [4.78, 5) is 7.21. The maximum absolute atomic E-state index is 12.3. The summed E-state index contributed by atoms with van der Waals surface area (Å²) >= 11 is 11.4. The van der Waals surface area contributed by atoms with Crippen LogP contribution < -0.4 is 4.74 Å². The van der Waals surface area contributed by atoms with Crippen molar-refractivity contribution < 1.29 is 17.9 Å². The van der Waals surface area contributed by atoms with Crippen molar-refractivity contribution in [3.8, 4) is 17.0 Å². The molecule has 0 unspecified atom stereocenters. The average molecular weight is 309 g/mol. The smallest absolute Gasteiger partial charge is 0.402 e. The first-order valence-corrected chi connectivity index (χ1v) is 5.65. The standard InChI is InChI=1S/C11H5Cl2F3N2O/c12-7-3-1-2-6(4-7)9-8(19-11(14,15)16)5-17-10(13)18-9/h1-5H. The number of hydrogen-bond donors (Lipinski definition) is 0. The van der Waals surface area contributed by atoms with Crippen LogP contribution in [0.3, 0.4) is 0 Å². The molecular weight excluding hydrogens is 304 g/mol. The lowest BCUT2D eigenvalue weighted by molar-refractivity contribution is -0.274. The molecule has 0 saturated carbocycles.